The Morgan fingerprint density at radius 3 is 2.62 bits per heavy atom. The summed E-state index contributed by atoms with van der Waals surface area (Å²) in [7, 11) is 0. The number of anilines is 1. The summed E-state index contributed by atoms with van der Waals surface area (Å²) in [6, 6.07) is 24.9. The van der Waals surface area contributed by atoms with Crippen LogP contribution in [0.1, 0.15) is 41.0 Å². The first-order valence-corrected chi connectivity index (χ1v) is 13.3. The molecule has 6 rings (SSSR count). The van der Waals surface area contributed by atoms with Gasteiger partial charge in [-0.1, -0.05) is 54.9 Å². The molecule has 0 fully saturated rings. The average molecular weight is 540 g/mol. The molecule has 1 aliphatic heterocycles. The maximum Gasteiger partial charge on any atom is 0.323 e. The second-order valence-corrected chi connectivity index (χ2v) is 10.1. The molecule has 0 radical (unpaired) electrons. The van der Waals surface area contributed by atoms with Gasteiger partial charge in [0.1, 0.15) is 11.6 Å². The number of halogens is 2. The van der Waals surface area contributed by atoms with Crippen molar-refractivity contribution >= 4 is 23.3 Å². The lowest BCUT2D eigenvalue weighted by Gasteiger charge is -2.31. The number of rotatable bonds is 4. The van der Waals surface area contributed by atoms with Crippen LogP contribution >= 0.6 is 11.6 Å². The van der Waals surface area contributed by atoms with E-state index in [1.165, 1.54) is 12.1 Å². The van der Waals surface area contributed by atoms with E-state index in [1.54, 1.807) is 17.0 Å². The van der Waals surface area contributed by atoms with Crippen molar-refractivity contribution in [3.63, 3.8) is 0 Å². The second kappa shape index (κ2) is 10.1. The number of carbonyl (C=O) groups excluding carboxylic acids is 1. The predicted octanol–water partition coefficient (Wildman–Crippen LogP) is 7.46. The van der Waals surface area contributed by atoms with Crippen LogP contribution in [0.5, 0.6) is 0 Å². The molecule has 3 aromatic carbocycles. The first-order chi connectivity index (χ1) is 18.9. The fraction of sp³-hybridized carbons (Fsp3) is 0.161. The minimum absolute atomic E-state index is 0.267. The van der Waals surface area contributed by atoms with E-state index >= 15 is 0 Å². The zero-order valence-electron chi connectivity index (χ0n) is 21.6. The van der Waals surface area contributed by atoms with Crippen LogP contribution in [0.4, 0.5) is 14.9 Å². The van der Waals surface area contributed by atoms with E-state index in [4.69, 9.17) is 16.7 Å². The number of amides is 2. The van der Waals surface area contributed by atoms with Crippen molar-refractivity contribution in [2.45, 2.75) is 32.9 Å². The van der Waals surface area contributed by atoms with E-state index in [0.717, 1.165) is 34.0 Å². The zero-order chi connectivity index (χ0) is 27.1. The van der Waals surface area contributed by atoms with Gasteiger partial charge in [-0.25, -0.2) is 13.9 Å². The Bertz CT molecular complexity index is 1680. The van der Waals surface area contributed by atoms with Crippen LogP contribution in [0, 0.1) is 12.7 Å². The number of carbonyl (C=O) groups is 1. The van der Waals surface area contributed by atoms with Gasteiger partial charge >= 0.3 is 6.03 Å². The van der Waals surface area contributed by atoms with Crippen LogP contribution in [-0.2, 0) is 13.0 Å². The maximum atomic E-state index is 14.5. The van der Waals surface area contributed by atoms with Gasteiger partial charge in [-0.2, -0.15) is 5.10 Å². The Morgan fingerprint density at radius 1 is 1.05 bits per heavy atom. The molecule has 5 aromatic rings. The third kappa shape index (κ3) is 4.49. The summed E-state index contributed by atoms with van der Waals surface area (Å²) < 4.78 is 18.5. The number of nitrogens with zero attached hydrogens (tertiary/aromatic N) is 4. The van der Waals surface area contributed by atoms with Gasteiger partial charge < -0.3 is 14.8 Å². The SMILES string of the molecule is CCc1nn(-c2ccccc2)c2c1CN(C(=O)Nc1ccc(C)cc1Cl)[C@@H](c1cccc(F)c1)c1cccn1-2. The molecule has 0 aliphatic carbocycles. The van der Waals surface area contributed by atoms with Gasteiger partial charge in [-0.05, 0) is 73.0 Å². The maximum absolute atomic E-state index is 14.5. The van der Waals surface area contributed by atoms with Gasteiger partial charge in [0.15, 0.2) is 0 Å². The number of fused-ring (bicyclic) bond motifs is 3. The van der Waals surface area contributed by atoms with Crippen LogP contribution in [0.25, 0.3) is 11.5 Å². The third-order valence-electron chi connectivity index (χ3n) is 7.10. The molecule has 6 nitrogen and oxygen atoms in total. The smallest absolute Gasteiger partial charge is 0.307 e. The number of benzene rings is 3. The number of para-hydroxylation sites is 1. The monoisotopic (exact) mass is 539 g/mol. The second-order valence-electron chi connectivity index (χ2n) is 9.65. The van der Waals surface area contributed by atoms with Crippen molar-refractivity contribution in [2.24, 2.45) is 0 Å². The van der Waals surface area contributed by atoms with Crippen LogP contribution < -0.4 is 5.32 Å². The Hall–Kier alpha value is -4.36. The number of aromatic nitrogens is 3. The molecule has 196 valence electrons. The Balaban J connectivity index is 1.55. The molecule has 3 heterocycles. The van der Waals surface area contributed by atoms with Gasteiger partial charge in [0.2, 0.25) is 0 Å². The predicted molar refractivity (Wildman–Crippen MR) is 151 cm³/mol. The van der Waals surface area contributed by atoms with E-state index in [0.29, 0.717) is 22.7 Å². The topological polar surface area (TPSA) is 55.1 Å². The van der Waals surface area contributed by atoms with Crippen molar-refractivity contribution in [3.8, 4) is 11.5 Å². The van der Waals surface area contributed by atoms with Gasteiger partial charge in [0, 0.05) is 11.8 Å². The lowest BCUT2D eigenvalue weighted by molar-refractivity contribution is 0.194. The summed E-state index contributed by atoms with van der Waals surface area (Å²) in [5.74, 6) is 0.502. The summed E-state index contributed by atoms with van der Waals surface area (Å²) >= 11 is 6.48. The fourth-order valence-corrected chi connectivity index (χ4v) is 5.57. The molecule has 0 spiro atoms. The van der Waals surface area contributed by atoms with E-state index in [2.05, 4.69) is 16.8 Å². The molecule has 1 N–H and O–H groups in total. The summed E-state index contributed by atoms with van der Waals surface area (Å²) in [6.45, 7) is 4.27. The number of urea groups is 1. The summed E-state index contributed by atoms with van der Waals surface area (Å²) in [6.07, 6.45) is 2.65. The summed E-state index contributed by atoms with van der Waals surface area (Å²) in [5, 5.41) is 8.43. The highest BCUT2D eigenvalue weighted by molar-refractivity contribution is 6.33. The highest BCUT2D eigenvalue weighted by atomic mass is 35.5. The third-order valence-corrected chi connectivity index (χ3v) is 7.41. The van der Waals surface area contributed by atoms with Crippen LogP contribution in [0.3, 0.4) is 0 Å². The first-order valence-electron chi connectivity index (χ1n) is 12.9. The first kappa shape index (κ1) is 24.9. The summed E-state index contributed by atoms with van der Waals surface area (Å²) in [4.78, 5) is 15.8. The van der Waals surface area contributed by atoms with E-state index in [9.17, 15) is 9.18 Å². The lowest BCUT2D eigenvalue weighted by Crippen LogP contribution is -2.38. The fourth-order valence-electron chi connectivity index (χ4n) is 5.28. The van der Waals surface area contributed by atoms with Crippen molar-refractivity contribution in [3.05, 3.63) is 130 Å². The standard InChI is InChI=1S/C31H27ClFN5O/c1-3-26-24-19-37(31(39)34-27-15-14-20(2)17-25(27)32)29(21-9-7-10-22(33)18-21)28-13-8-16-36(28)30(24)38(35-26)23-11-5-4-6-12-23/h4-18,29H,3,19H2,1-2H3,(H,34,39)/t29-/m0/s1. The quantitative estimate of drug-likeness (QED) is 0.258. The molecule has 0 saturated heterocycles. The van der Waals surface area contributed by atoms with Crippen molar-refractivity contribution in [1.82, 2.24) is 19.2 Å². The molecule has 2 amide bonds. The normalized spacial score (nSPS) is 14.5. The van der Waals surface area contributed by atoms with E-state index < -0.39 is 6.04 Å². The number of hydrogen-bond acceptors (Lipinski definition) is 2. The van der Waals surface area contributed by atoms with Crippen molar-refractivity contribution < 1.29 is 9.18 Å². The largest absolute Gasteiger partial charge is 0.323 e. The minimum atomic E-state index is -0.568. The minimum Gasteiger partial charge on any atom is -0.307 e. The Morgan fingerprint density at radius 2 is 1.87 bits per heavy atom. The van der Waals surface area contributed by atoms with Gasteiger partial charge in [0.25, 0.3) is 0 Å². The Labute approximate surface area is 231 Å². The van der Waals surface area contributed by atoms with Crippen LogP contribution in [0.2, 0.25) is 5.02 Å². The molecule has 1 aliphatic rings. The molecule has 8 heteroatoms. The van der Waals surface area contributed by atoms with Gasteiger partial charge in [-0.3, -0.25) is 0 Å². The zero-order valence-corrected chi connectivity index (χ0v) is 22.4. The number of hydrogen-bond donors (Lipinski definition) is 1. The van der Waals surface area contributed by atoms with Crippen LogP contribution in [-0.4, -0.2) is 25.3 Å². The van der Waals surface area contributed by atoms with Crippen molar-refractivity contribution in [2.75, 3.05) is 5.32 Å². The molecule has 2 aromatic heterocycles. The average Bonchev–Trinajstić information content (AvgIpc) is 3.51. The molecule has 39 heavy (non-hydrogen) atoms. The van der Waals surface area contributed by atoms with Gasteiger partial charge in [0.05, 0.1) is 40.4 Å². The lowest BCUT2D eigenvalue weighted by atomic mass is 10.0. The number of aryl methyl sites for hydroxylation is 2. The molecule has 0 saturated carbocycles. The molecular formula is C31H27ClFN5O. The summed E-state index contributed by atoms with van der Waals surface area (Å²) in [5.41, 5.74) is 5.74. The van der Waals surface area contributed by atoms with Crippen LogP contribution in [0.15, 0.2) is 91.1 Å². The molecular weight excluding hydrogens is 513 g/mol. The highest BCUT2D eigenvalue weighted by Crippen LogP contribution is 2.39. The van der Waals surface area contributed by atoms with Gasteiger partial charge in [-0.15, -0.1) is 0 Å². The van der Waals surface area contributed by atoms with E-state index in [1.807, 2.05) is 78.5 Å². The van der Waals surface area contributed by atoms with E-state index in [-0.39, 0.29) is 18.4 Å². The molecule has 0 bridgehead atoms. The highest BCUT2D eigenvalue weighted by Gasteiger charge is 2.36. The molecule has 1 atom stereocenters. The molecule has 0 unspecified atom stereocenters. The number of nitrogens with one attached hydrogen (secondary N) is 1. The van der Waals surface area contributed by atoms with Crippen molar-refractivity contribution in [1.29, 1.82) is 0 Å². The Kier molecular flexibility index (Phi) is 6.45.